The summed E-state index contributed by atoms with van der Waals surface area (Å²) in [5, 5.41) is 0. The first-order chi connectivity index (χ1) is 14.3. The Labute approximate surface area is 178 Å². The molecule has 1 aliphatic heterocycles. The van der Waals surface area contributed by atoms with Crippen molar-refractivity contribution in [2.45, 2.75) is 96.1 Å². The zero-order valence-electron chi connectivity index (χ0n) is 18.7. The number of hydrogen-bond acceptors (Lipinski definition) is 3. The Morgan fingerprint density at radius 2 is 1.59 bits per heavy atom. The molecule has 1 aromatic carbocycles. The van der Waals surface area contributed by atoms with Crippen LogP contribution in [0, 0.1) is 0 Å². The second-order valence-corrected chi connectivity index (χ2v) is 8.13. The molecule has 0 spiro atoms. The van der Waals surface area contributed by atoms with Crippen LogP contribution in [0.15, 0.2) is 47.5 Å². The van der Waals surface area contributed by atoms with Crippen LogP contribution < -0.4 is 0 Å². The highest BCUT2D eigenvalue weighted by molar-refractivity contribution is 5.95. The van der Waals surface area contributed by atoms with Gasteiger partial charge in [0.15, 0.2) is 0 Å². The van der Waals surface area contributed by atoms with E-state index in [1.54, 1.807) is 7.11 Å². The first kappa shape index (κ1) is 23.7. The van der Waals surface area contributed by atoms with Crippen LogP contribution in [-0.4, -0.2) is 31.8 Å². The van der Waals surface area contributed by atoms with Gasteiger partial charge < -0.3 is 9.47 Å². The fraction of sp³-hybridized carbons (Fsp3) is 0.654. The summed E-state index contributed by atoms with van der Waals surface area (Å²) in [6.07, 6.45) is 20.8. The topological polar surface area (TPSA) is 30.8 Å². The van der Waals surface area contributed by atoms with E-state index >= 15 is 0 Å². The Hall–Kier alpha value is -1.61. The minimum Gasteiger partial charge on any atom is -0.475 e. The van der Waals surface area contributed by atoms with E-state index in [2.05, 4.69) is 19.1 Å². The van der Waals surface area contributed by atoms with Crippen molar-refractivity contribution in [1.82, 2.24) is 0 Å². The van der Waals surface area contributed by atoms with E-state index in [0.717, 1.165) is 17.9 Å². The lowest BCUT2D eigenvalue weighted by Crippen LogP contribution is -2.25. The Kier molecular flexibility index (Phi) is 12.5. The highest BCUT2D eigenvalue weighted by Crippen LogP contribution is 2.17. The van der Waals surface area contributed by atoms with Gasteiger partial charge in [0.1, 0.15) is 18.8 Å². The molecule has 0 bridgehead atoms. The average Bonchev–Trinajstić information content (AvgIpc) is 3.25. The van der Waals surface area contributed by atoms with E-state index in [9.17, 15) is 0 Å². The molecular weight excluding hydrogens is 358 g/mol. The van der Waals surface area contributed by atoms with Gasteiger partial charge in [-0.3, -0.25) is 0 Å². The van der Waals surface area contributed by atoms with Crippen molar-refractivity contribution >= 4 is 5.90 Å². The van der Waals surface area contributed by atoms with Gasteiger partial charge in [-0.15, -0.1) is 0 Å². The molecular formula is C26H41NO2. The fourth-order valence-corrected chi connectivity index (χ4v) is 3.82. The summed E-state index contributed by atoms with van der Waals surface area (Å²) in [4.78, 5) is 4.73. The lowest BCUT2D eigenvalue weighted by molar-refractivity contribution is 0.107. The molecule has 162 valence electrons. The van der Waals surface area contributed by atoms with E-state index < -0.39 is 0 Å². The van der Waals surface area contributed by atoms with Gasteiger partial charge in [-0.2, -0.15) is 0 Å². The number of ether oxygens (including phenoxy) is 2. The minimum absolute atomic E-state index is 0.0103. The molecule has 0 fully saturated rings. The number of allylic oxidation sites excluding steroid dienone is 1. The fourth-order valence-electron chi connectivity index (χ4n) is 3.82. The number of unbranched alkanes of at least 4 members (excludes halogenated alkanes) is 11. The van der Waals surface area contributed by atoms with Crippen molar-refractivity contribution in [3.05, 3.63) is 48.0 Å². The molecule has 2 atom stereocenters. The van der Waals surface area contributed by atoms with Gasteiger partial charge in [-0.25, -0.2) is 4.99 Å². The lowest BCUT2D eigenvalue weighted by atomic mass is 10.0. The molecule has 1 aromatic rings. The van der Waals surface area contributed by atoms with E-state index in [1.807, 2.05) is 30.3 Å². The van der Waals surface area contributed by atoms with Crippen molar-refractivity contribution in [1.29, 1.82) is 0 Å². The predicted molar refractivity (Wildman–Crippen MR) is 124 cm³/mol. The van der Waals surface area contributed by atoms with Crippen LogP contribution in [0.2, 0.25) is 0 Å². The summed E-state index contributed by atoms with van der Waals surface area (Å²) in [6.45, 7) is 2.87. The van der Waals surface area contributed by atoms with Gasteiger partial charge >= 0.3 is 0 Å². The molecule has 0 radical (unpaired) electrons. The maximum absolute atomic E-state index is 5.79. The Morgan fingerprint density at radius 1 is 0.966 bits per heavy atom. The number of methoxy groups -OCH3 is 1. The molecule has 0 saturated carbocycles. The molecule has 1 unspecified atom stereocenters. The third-order valence-corrected chi connectivity index (χ3v) is 5.65. The number of benzene rings is 1. The smallest absolute Gasteiger partial charge is 0.216 e. The standard InChI is InChI=1S/C26H41NO2/c1-3-4-5-6-7-8-9-10-11-12-13-14-18-21-25(28-2)24-22-29-26(27-24)23-19-16-15-17-20-23/h15-21,24-25H,3-14,22H2,1-2H3/b21-18+/t24?,25-/m1/s1. The van der Waals surface area contributed by atoms with Crippen LogP contribution in [-0.2, 0) is 9.47 Å². The highest BCUT2D eigenvalue weighted by Gasteiger charge is 2.26. The average molecular weight is 400 g/mol. The van der Waals surface area contributed by atoms with E-state index in [4.69, 9.17) is 14.5 Å². The summed E-state index contributed by atoms with van der Waals surface area (Å²) in [5.41, 5.74) is 1.04. The molecule has 1 heterocycles. The summed E-state index contributed by atoms with van der Waals surface area (Å²) < 4.78 is 11.4. The Balaban J connectivity index is 1.54. The maximum Gasteiger partial charge on any atom is 0.216 e. The molecule has 1 aliphatic rings. The van der Waals surface area contributed by atoms with Gasteiger partial charge in [0, 0.05) is 12.7 Å². The quantitative estimate of drug-likeness (QED) is 0.219. The highest BCUT2D eigenvalue weighted by atomic mass is 16.5. The van der Waals surface area contributed by atoms with Crippen molar-refractivity contribution in [3.8, 4) is 0 Å². The molecule has 3 heteroatoms. The third kappa shape index (κ3) is 9.62. The monoisotopic (exact) mass is 399 g/mol. The number of rotatable bonds is 16. The second kappa shape index (κ2) is 15.3. The zero-order valence-corrected chi connectivity index (χ0v) is 18.7. The largest absolute Gasteiger partial charge is 0.475 e. The molecule has 0 aromatic heterocycles. The van der Waals surface area contributed by atoms with Crippen LogP contribution in [0.3, 0.4) is 0 Å². The number of nitrogens with zero attached hydrogens (tertiary/aromatic N) is 1. The van der Waals surface area contributed by atoms with E-state index in [-0.39, 0.29) is 12.1 Å². The summed E-state index contributed by atoms with van der Waals surface area (Å²) >= 11 is 0. The van der Waals surface area contributed by atoms with Gasteiger partial charge in [0.25, 0.3) is 0 Å². The molecule has 0 amide bonds. The van der Waals surface area contributed by atoms with E-state index in [1.165, 1.54) is 70.6 Å². The lowest BCUT2D eigenvalue weighted by Gasteiger charge is -2.14. The normalized spacial score (nSPS) is 17.4. The molecule has 0 saturated heterocycles. The second-order valence-electron chi connectivity index (χ2n) is 8.13. The van der Waals surface area contributed by atoms with Crippen LogP contribution in [0.5, 0.6) is 0 Å². The zero-order chi connectivity index (χ0) is 20.6. The van der Waals surface area contributed by atoms with Crippen LogP contribution >= 0.6 is 0 Å². The van der Waals surface area contributed by atoms with Crippen molar-refractivity contribution in [3.63, 3.8) is 0 Å². The predicted octanol–water partition coefficient (Wildman–Crippen LogP) is 7.10. The SMILES string of the molecule is CCCCCCCCCCCCC/C=C/[C@@H](OC)C1COC(c2ccccc2)=N1. The first-order valence-corrected chi connectivity index (χ1v) is 11.8. The maximum atomic E-state index is 5.79. The third-order valence-electron chi connectivity index (χ3n) is 5.65. The Morgan fingerprint density at radius 3 is 2.21 bits per heavy atom. The molecule has 0 N–H and O–H groups in total. The van der Waals surface area contributed by atoms with Gasteiger partial charge in [0.05, 0.1) is 0 Å². The Bertz CT molecular complexity index is 582. The first-order valence-electron chi connectivity index (χ1n) is 11.8. The molecule has 2 rings (SSSR count). The minimum atomic E-state index is -0.0103. The molecule has 0 aliphatic carbocycles. The van der Waals surface area contributed by atoms with Gasteiger partial charge in [-0.05, 0) is 25.0 Å². The summed E-state index contributed by atoms with van der Waals surface area (Å²) in [6, 6.07) is 10.1. The molecule has 3 nitrogen and oxygen atoms in total. The number of aliphatic imine (C=N–C) groups is 1. The van der Waals surface area contributed by atoms with Gasteiger partial charge in [0.2, 0.25) is 5.90 Å². The van der Waals surface area contributed by atoms with Crippen LogP contribution in [0.1, 0.15) is 89.5 Å². The van der Waals surface area contributed by atoms with E-state index in [0.29, 0.717) is 6.61 Å². The van der Waals surface area contributed by atoms with Gasteiger partial charge in [-0.1, -0.05) is 101 Å². The van der Waals surface area contributed by atoms with Crippen molar-refractivity contribution < 1.29 is 9.47 Å². The molecule has 29 heavy (non-hydrogen) atoms. The van der Waals surface area contributed by atoms with Crippen LogP contribution in [0.25, 0.3) is 0 Å². The van der Waals surface area contributed by atoms with Crippen molar-refractivity contribution in [2.75, 3.05) is 13.7 Å². The van der Waals surface area contributed by atoms with Crippen LogP contribution in [0.4, 0.5) is 0 Å². The number of hydrogen-bond donors (Lipinski definition) is 0. The summed E-state index contributed by atoms with van der Waals surface area (Å²) in [7, 11) is 1.76. The summed E-state index contributed by atoms with van der Waals surface area (Å²) in [5.74, 6) is 0.733. The van der Waals surface area contributed by atoms with Crippen molar-refractivity contribution in [2.24, 2.45) is 4.99 Å².